The number of nitrogens with two attached hydrogens (primary N) is 1. The minimum atomic E-state index is -1.79. The number of rotatable bonds is 8. The van der Waals surface area contributed by atoms with E-state index >= 15 is 0 Å². The van der Waals surface area contributed by atoms with Gasteiger partial charge in [0.1, 0.15) is 11.4 Å². The third-order valence-electron chi connectivity index (χ3n) is 4.76. The largest absolute Gasteiger partial charge is 0.574 e. The number of carbonyl (C=O) groups excluding carboxylic acids is 1. The van der Waals surface area contributed by atoms with Crippen LogP contribution in [0.2, 0.25) is 0 Å². The van der Waals surface area contributed by atoms with Crippen LogP contribution >= 0.6 is 0 Å². The Bertz CT molecular complexity index is 956. The molecule has 9 nitrogen and oxygen atoms in total. The van der Waals surface area contributed by atoms with E-state index < -0.39 is 17.6 Å². The Morgan fingerprint density at radius 1 is 1.03 bits per heavy atom. The Kier molecular flexibility index (Phi) is 6.30. The number of hydrogen-bond acceptors (Lipinski definition) is 8. The van der Waals surface area contributed by atoms with E-state index in [2.05, 4.69) is 11.3 Å². The number of carbonyl (C=O) groups is 1. The van der Waals surface area contributed by atoms with E-state index in [1.165, 1.54) is 28.4 Å². The summed E-state index contributed by atoms with van der Waals surface area (Å²) in [7, 11) is 6.01. The Morgan fingerprint density at radius 2 is 1.63 bits per heavy atom. The van der Waals surface area contributed by atoms with Crippen LogP contribution in [-0.4, -0.2) is 38.9 Å². The maximum absolute atomic E-state index is 12.7. The number of amides is 1. The third kappa shape index (κ3) is 3.72. The van der Waals surface area contributed by atoms with Gasteiger partial charge in [-0.25, -0.2) is 0 Å². The molecule has 0 aromatic heterocycles. The van der Waals surface area contributed by atoms with Crippen molar-refractivity contribution in [1.82, 2.24) is 0 Å². The van der Waals surface area contributed by atoms with Gasteiger partial charge in [0, 0.05) is 17.7 Å². The number of nitrogens with one attached hydrogen (secondary N) is 1. The van der Waals surface area contributed by atoms with Gasteiger partial charge in [-0.1, -0.05) is 12.6 Å². The summed E-state index contributed by atoms with van der Waals surface area (Å²) in [6, 6.07) is 8.16. The molecule has 1 aliphatic rings. The molecule has 1 fully saturated rings. The van der Waals surface area contributed by atoms with Gasteiger partial charge in [0.2, 0.25) is 5.75 Å². The van der Waals surface area contributed by atoms with Gasteiger partial charge in [0.15, 0.2) is 23.0 Å². The second kappa shape index (κ2) is 8.74. The fourth-order valence-electron chi connectivity index (χ4n) is 3.39. The van der Waals surface area contributed by atoms with Gasteiger partial charge >= 0.3 is 0 Å². The van der Waals surface area contributed by atoms with Crippen molar-refractivity contribution in [3.05, 3.63) is 48.0 Å². The van der Waals surface area contributed by atoms with E-state index in [1.54, 1.807) is 35.2 Å². The zero-order valence-electron chi connectivity index (χ0n) is 17.1. The number of nitrogens with zero attached hydrogens (tertiary/aromatic N) is 1. The number of hydrogen-bond donors (Lipinski definition) is 2. The van der Waals surface area contributed by atoms with Crippen molar-refractivity contribution in [2.24, 2.45) is 5.14 Å². The van der Waals surface area contributed by atoms with Crippen molar-refractivity contribution in [2.45, 2.75) is 6.04 Å². The second-order valence-corrected chi connectivity index (χ2v) is 7.14. The molecule has 2 aromatic carbocycles. The highest BCUT2D eigenvalue weighted by molar-refractivity contribution is 7.90. The number of anilines is 2. The highest BCUT2D eigenvalue weighted by atomic mass is 32.2. The predicted molar refractivity (Wildman–Crippen MR) is 114 cm³/mol. The molecule has 2 atom stereocenters. The van der Waals surface area contributed by atoms with Crippen LogP contribution in [-0.2, 0) is 16.3 Å². The van der Waals surface area contributed by atoms with E-state index in [4.69, 9.17) is 24.1 Å². The standard InChI is InChI=1S/C20H23N3O6S/c1-11-18(12-6-7-15(26-2)14(8-12)22-30(21)25)23(20(11)24)13-9-16(27-3)19(29-5)17(10-13)28-4/h6-10,18,22H,1,21H2,2-5H3/t18-,30?/m1/s1. The molecular formula is C20H23N3O6S. The second-order valence-electron chi connectivity index (χ2n) is 6.35. The van der Waals surface area contributed by atoms with Gasteiger partial charge in [-0.05, 0) is 17.7 Å². The van der Waals surface area contributed by atoms with Crippen molar-refractivity contribution in [1.29, 1.82) is 0 Å². The highest BCUT2D eigenvalue weighted by Gasteiger charge is 2.43. The lowest BCUT2D eigenvalue weighted by Crippen LogP contribution is -2.48. The van der Waals surface area contributed by atoms with Crippen LogP contribution in [0.4, 0.5) is 11.4 Å². The molecule has 30 heavy (non-hydrogen) atoms. The van der Waals surface area contributed by atoms with E-state index in [-0.39, 0.29) is 5.91 Å². The van der Waals surface area contributed by atoms with Gasteiger partial charge in [-0.2, -0.15) is 4.72 Å². The first-order chi connectivity index (χ1) is 14.4. The zero-order chi connectivity index (χ0) is 22.0. The van der Waals surface area contributed by atoms with Crippen molar-refractivity contribution in [2.75, 3.05) is 38.1 Å². The predicted octanol–water partition coefficient (Wildman–Crippen LogP) is 2.31. The van der Waals surface area contributed by atoms with Crippen LogP contribution in [0, 0.1) is 0 Å². The molecule has 2 aromatic rings. The van der Waals surface area contributed by atoms with Gasteiger partial charge < -0.3 is 23.5 Å². The molecular weight excluding hydrogens is 410 g/mol. The fourth-order valence-corrected chi connectivity index (χ4v) is 3.76. The van der Waals surface area contributed by atoms with Crippen LogP contribution < -0.4 is 33.7 Å². The normalized spacial score (nSPS) is 16.6. The molecule has 0 aliphatic carbocycles. The summed E-state index contributed by atoms with van der Waals surface area (Å²) in [6.45, 7) is 3.91. The molecule has 1 aliphatic heterocycles. The fraction of sp³-hybridized carbons (Fsp3) is 0.250. The zero-order valence-corrected chi connectivity index (χ0v) is 17.9. The highest BCUT2D eigenvalue weighted by Crippen LogP contribution is 2.48. The van der Waals surface area contributed by atoms with Crippen molar-refractivity contribution < 1.29 is 28.3 Å². The summed E-state index contributed by atoms with van der Waals surface area (Å²) in [6.07, 6.45) is 0. The van der Waals surface area contributed by atoms with Gasteiger partial charge in [-0.3, -0.25) is 9.69 Å². The Balaban J connectivity index is 2.05. The third-order valence-corrected chi connectivity index (χ3v) is 5.18. The average Bonchev–Trinajstić information content (AvgIpc) is 2.75. The maximum atomic E-state index is 12.7. The lowest BCUT2D eigenvalue weighted by Gasteiger charge is -2.43. The molecule has 0 radical (unpaired) electrons. The van der Waals surface area contributed by atoms with E-state index in [0.717, 1.165) is 5.56 Å². The molecule has 1 saturated heterocycles. The molecule has 1 unspecified atom stereocenters. The summed E-state index contributed by atoms with van der Waals surface area (Å²) >= 11 is -1.79. The first kappa shape index (κ1) is 21.6. The van der Waals surface area contributed by atoms with E-state index in [9.17, 15) is 9.35 Å². The number of methoxy groups -OCH3 is 4. The van der Waals surface area contributed by atoms with Crippen LogP contribution in [0.15, 0.2) is 42.5 Å². The molecule has 160 valence electrons. The summed E-state index contributed by atoms with van der Waals surface area (Å²) in [5, 5.41) is 5.36. The van der Waals surface area contributed by atoms with Gasteiger partial charge in [0.25, 0.3) is 5.91 Å². The SMILES string of the molecule is C=C1C(=O)N(c2cc(OC)c(OC)c(OC)c2)[C@H]1c1ccc(OC)c(N[S+](N)[O-])c1. The van der Waals surface area contributed by atoms with E-state index in [1.807, 2.05) is 0 Å². The summed E-state index contributed by atoms with van der Waals surface area (Å²) < 4.78 is 35.5. The quantitative estimate of drug-likeness (QED) is 0.370. The molecule has 0 saturated carbocycles. The number of ether oxygens (including phenoxy) is 4. The van der Waals surface area contributed by atoms with Crippen LogP contribution in [0.5, 0.6) is 23.0 Å². The smallest absolute Gasteiger partial charge is 0.256 e. The van der Waals surface area contributed by atoms with Crippen molar-refractivity contribution >= 4 is 28.8 Å². The number of benzene rings is 2. The van der Waals surface area contributed by atoms with Gasteiger partial charge in [-0.15, -0.1) is 5.14 Å². The minimum absolute atomic E-state index is 0.234. The average molecular weight is 433 g/mol. The number of β-lactam (4-membered cyclic amide) rings is 1. The molecule has 1 amide bonds. The first-order valence-electron chi connectivity index (χ1n) is 8.79. The van der Waals surface area contributed by atoms with Gasteiger partial charge in [0.05, 0.1) is 40.2 Å². The monoisotopic (exact) mass is 433 g/mol. The maximum Gasteiger partial charge on any atom is 0.256 e. The summed E-state index contributed by atoms with van der Waals surface area (Å²) in [5.74, 6) is 1.50. The molecule has 3 rings (SSSR count). The van der Waals surface area contributed by atoms with E-state index in [0.29, 0.717) is 39.9 Å². The topological polar surface area (TPSA) is 118 Å². The van der Waals surface area contributed by atoms with Crippen molar-refractivity contribution in [3.63, 3.8) is 0 Å². The van der Waals surface area contributed by atoms with Crippen LogP contribution in [0.25, 0.3) is 0 Å². The van der Waals surface area contributed by atoms with Crippen LogP contribution in [0.1, 0.15) is 11.6 Å². The lowest BCUT2D eigenvalue weighted by molar-refractivity contribution is -0.118. The molecule has 0 bridgehead atoms. The first-order valence-corrected chi connectivity index (χ1v) is 10.0. The molecule has 10 heteroatoms. The Hall–Kier alpha value is -3.08. The summed E-state index contributed by atoms with van der Waals surface area (Å²) in [4.78, 5) is 14.3. The van der Waals surface area contributed by atoms with Crippen LogP contribution in [0.3, 0.4) is 0 Å². The Labute approximate surface area is 177 Å². The Morgan fingerprint density at radius 3 is 2.13 bits per heavy atom. The molecule has 3 N–H and O–H groups in total. The van der Waals surface area contributed by atoms with Crippen molar-refractivity contribution in [3.8, 4) is 23.0 Å². The molecule has 0 spiro atoms. The lowest BCUT2D eigenvalue weighted by atomic mass is 9.88. The molecule has 1 heterocycles. The summed E-state index contributed by atoms with van der Waals surface area (Å²) in [5.41, 5.74) is 2.14. The minimum Gasteiger partial charge on any atom is -0.574 e.